The summed E-state index contributed by atoms with van der Waals surface area (Å²) in [5.41, 5.74) is 2.05. The predicted molar refractivity (Wildman–Crippen MR) is 113 cm³/mol. The number of furan rings is 1. The number of nitrogens with one attached hydrogen (secondary N) is 2. The topological polar surface area (TPSA) is 93.0 Å². The third-order valence-electron chi connectivity index (χ3n) is 5.45. The van der Waals surface area contributed by atoms with Gasteiger partial charge in [-0.2, -0.15) is 0 Å². The number of rotatable bonds is 9. The molecule has 0 spiro atoms. The average molecular weight is 425 g/mol. The number of esters is 1. The van der Waals surface area contributed by atoms with E-state index in [1.165, 1.54) is 6.26 Å². The van der Waals surface area contributed by atoms with Crippen molar-refractivity contribution in [3.05, 3.63) is 65.3 Å². The van der Waals surface area contributed by atoms with Crippen molar-refractivity contribution < 1.29 is 23.5 Å². The molecule has 0 saturated heterocycles. The van der Waals surface area contributed by atoms with E-state index in [-0.39, 0.29) is 12.6 Å². The van der Waals surface area contributed by atoms with Gasteiger partial charge < -0.3 is 24.5 Å². The first-order chi connectivity index (χ1) is 15.1. The summed E-state index contributed by atoms with van der Waals surface area (Å²) in [7, 11) is 1.64. The molecule has 1 aromatic heterocycles. The first-order valence-electron chi connectivity index (χ1n) is 10.5. The van der Waals surface area contributed by atoms with E-state index < -0.39 is 12.0 Å². The van der Waals surface area contributed by atoms with Gasteiger partial charge in [-0.25, -0.2) is 9.59 Å². The Kier molecular flexibility index (Phi) is 6.27. The van der Waals surface area contributed by atoms with E-state index in [4.69, 9.17) is 13.9 Å². The third-order valence-corrected chi connectivity index (χ3v) is 5.45. The Labute approximate surface area is 181 Å². The van der Waals surface area contributed by atoms with E-state index in [1.54, 1.807) is 26.2 Å². The number of urea groups is 1. The van der Waals surface area contributed by atoms with Crippen LogP contribution in [0.2, 0.25) is 0 Å². The fraction of sp³-hybridized carbons (Fsp3) is 0.391. The monoisotopic (exact) mass is 425 g/mol. The Morgan fingerprint density at radius 3 is 2.58 bits per heavy atom. The van der Waals surface area contributed by atoms with E-state index in [1.807, 2.05) is 24.3 Å². The van der Waals surface area contributed by atoms with Gasteiger partial charge in [0.1, 0.15) is 17.6 Å². The van der Waals surface area contributed by atoms with Crippen molar-refractivity contribution in [3.8, 4) is 5.75 Å². The number of hydrogen-bond acceptors (Lipinski definition) is 6. The summed E-state index contributed by atoms with van der Waals surface area (Å²) in [4.78, 5) is 27.6. The average Bonchev–Trinajstić information content (AvgIpc) is 3.47. The van der Waals surface area contributed by atoms with Gasteiger partial charge in [-0.05, 0) is 49.6 Å². The molecule has 2 heterocycles. The van der Waals surface area contributed by atoms with Gasteiger partial charge in [0.2, 0.25) is 0 Å². The molecule has 1 atom stereocenters. The number of hydrogen-bond donors (Lipinski definition) is 2. The van der Waals surface area contributed by atoms with Gasteiger partial charge in [-0.15, -0.1) is 0 Å². The van der Waals surface area contributed by atoms with Gasteiger partial charge in [0.25, 0.3) is 0 Å². The fourth-order valence-electron chi connectivity index (χ4n) is 3.78. The molecule has 1 saturated carbocycles. The molecule has 0 bridgehead atoms. The van der Waals surface area contributed by atoms with Gasteiger partial charge >= 0.3 is 12.0 Å². The number of amides is 2. The van der Waals surface area contributed by atoms with Crippen molar-refractivity contribution in [2.45, 2.75) is 38.4 Å². The van der Waals surface area contributed by atoms with Crippen molar-refractivity contribution in [2.24, 2.45) is 0 Å². The first kappa shape index (κ1) is 21.0. The van der Waals surface area contributed by atoms with E-state index in [0.29, 0.717) is 36.2 Å². The smallest absolute Gasteiger partial charge is 0.338 e. The summed E-state index contributed by atoms with van der Waals surface area (Å²) in [6.45, 7) is 3.13. The van der Waals surface area contributed by atoms with Crippen molar-refractivity contribution >= 4 is 12.0 Å². The molecule has 8 nitrogen and oxygen atoms in total. The summed E-state index contributed by atoms with van der Waals surface area (Å²) >= 11 is 0. The van der Waals surface area contributed by atoms with Gasteiger partial charge in [0.15, 0.2) is 0 Å². The molecule has 2 aliphatic rings. The van der Waals surface area contributed by atoms with Gasteiger partial charge in [0.05, 0.1) is 25.6 Å². The molecule has 1 aliphatic heterocycles. The Morgan fingerprint density at radius 2 is 1.97 bits per heavy atom. The first-order valence-corrected chi connectivity index (χ1v) is 10.5. The fourth-order valence-corrected chi connectivity index (χ4v) is 3.78. The third kappa shape index (κ3) is 4.91. The molecule has 1 fully saturated rings. The summed E-state index contributed by atoms with van der Waals surface area (Å²) in [5.74, 6) is 0.830. The number of carbonyl (C=O) groups excluding carboxylic acids is 2. The van der Waals surface area contributed by atoms with Crippen molar-refractivity contribution in [1.82, 2.24) is 15.5 Å². The van der Waals surface area contributed by atoms with Gasteiger partial charge in [0, 0.05) is 24.8 Å². The van der Waals surface area contributed by atoms with E-state index >= 15 is 0 Å². The lowest BCUT2D eigenvalue weighted by Crippen LogP contribution is -2.48. The highest BCUT2D eigenvalue weighted by Crippen LogP contribution is 2.32. The quantitative estimate of drug-likeness (QED) is 0.600. The molecule has 2 N–H and O–H groups in total. The summed E-state index contributed by atoms with van der Waals surface area (Å²) in [6, 6.07) is 10.7. The standard InChI is InChI=1S/C23H27N3O5/c1-3-30-22(27)20-18(24-23(28)25-21(20)19-5-4-12-31-19)14-26(16-8-9-16)13-15-6-10-17(29-2)11-7-15/h4-7,10-12,16,21H,3,8-9,13-14H2,1-2H3,(H2,24,25,28)/t21-/m1/s1. The second-order valence-corrected chi connectivity index (χ2v) is 7.64. The van der Waals surface area contributed by atoms with Crippen LogP contribution in [-0.4, -0.2) is 43.2 Å². The van der Waals surface area contributed by atoms with E-state index in [0.717, 1.165) is 24.2 Å². The zero-order chi connectivity index (χ0) is 21.8. The lowest BCUT2D eigenvalue weighted by molar-refractivity contribution is -0.139. The van der Waals surface area contributed by atoms with Crippen LogP contribution in [0.25, 0.3) is 0 Å². The molecule has 0 radical (unpaired) electrons. The Bertz CT molecular complexity index is 948. The molecule has 4 rings (SSSR count). The van der Waals surface area contributed by atoms with Crippen LogP contribution in [0.15, 0.2) is 58.3 Å². The largest absolute Gasteiger partial charge is 0.497 e. The van der Waals surface area contributed by atoms with Crippen LogP contribution in [-0.2, 0) is 16.1 Å². The summed E-state index contributed by atoms with van der Waals surface area (Å²) in [6.07, 6.45) is 3.70. The highest BCUT2D eigenvalue weighted by Gasteiger charge is 2.37. The van der Waals surface area contributed by atoms with Crippen LogP contribution >= 0.6 is 0 Å². The van der Waals surface area contributed by atoms with E-state index in [9.17, 15) is 9.59 Å². The van der Waals surface area contributed by atoms with Gasteiger partial charge in [-0.3, -0.25) is 4.90 Å². The molecule has 164 valence electrons. The Morgan fingerprint density at radius 1 is 1.19 bits per heavy atom. The SMILES string of the molecule is CCOC(=O)C1=C(CN(Cc2ccc(OC)cc2)C2CC2)NC(=O)N[C@@H]1c1ccco1. The minimum atomic E-state index is -0.695. The summed E-state index contributed by atoms with van der Waals surface area (Å²) in [5, 5.41) is 5.62. The van der Waals surface area contributed by atoms with Crippen LogP contribution < -0.4 is 15.4 Å². The molecular weight excluding hydrogens is 398 g/mol. The Hall–Kier alpha value is -3.26. The lowest BCUT2D eigenvalue weighted by Gasteiger charge is -2.31. The number of methoxy groups -OCH3 is 1. The molecule has 31 heavy (non-hydrogen) atoms. The molecule has 2 aromatic rings. The molecule has 1 aromatic carbocycles. The van der Waals surface area contributed by atoms with Crippen molar-refractivity contribution in [1.29, 1.82) is 0 Å². The highest BCUT2D eigenvalue weighted by atomic mass is 16.5. The molecule has 8 heteroatoms. The molecule has 0 unspecified atom stereocenters. The Balaban J connectivity index is 1.63. The normalized spacial score (nSPS) is 18.5. The van der Waals surface area contributed by atoms with Crippen molar-refractivity contribution in [2.75, 3.05) is 20.3 Å². The second kappa shape index (κ2) is 9.26. The molecule has 1 aliphatic carbocycles. The minimum absolute atomic E-state index is 0.243. The van der Waals surface area contributed by atoms with Crippen LogP contribution in [0.1, 0.15) is 37.1 Å². The zero-order valence-electron chi connectivity index (χ0n) is 17.7. The summed E-state index contributed by atoms with van der Waals surface area (Å²) < 4.78 is 16.1. The van der Waals surface area contributed by atoms with Gasteiger partial charge in [-0.1, -0.05) is 12.1 Å². The van der Waals surface area contributed by atoms with Crippen molar-refractivity contribution in [3.63, 3.8) is 0 Å². The number of ether oxygens (including phenoxy) is 2. The van der Waals surface area contributed by atoms with Crippen LogP contribution in [0.3, 0.4) is 0 Å². The lowest BCUT2D eigenvalue weighted by atomic mass is 9.99. The maximum atomic E-state index is 12.9. The van der Waals surface area contributed by atoms with Crippen LogP contribution in [0.4, 0.5) is 4.79 Å². The predicted octanol–water partition coefficient (Wildman–Crippen LogP) is 3.12. The van der Waals surface area contributed by atoms with E-state index in [2.05, 4.69) is 15.5 Å². The second-order valence-electron chi connectivity index (χ2n) is 7.64. The number of benzene rings is 1. The van der Waals surface area contributed by atoms with Crippen LogP contribution in [0.5, 0.6) is 5.75 Å². The molecule has 2 amide bonds. The minimum Gasteiger partial charge on any atom is -0.497 e. The molecular formula is C23H27N3O5. The highest BCUT2D eigenvalue weighted by molar-refractivity contribution is 5.95. The number of nitrogens with zero attached hydrogens (tertiary/aromatic N) is 1. The number of carbonyl (C=O) groups is 2. The zero-order valence-corrected chi connectivity index (χ0v) is 17.7. The van der Waals surface area contributed by atoms with Crippen LogP contribution in [0, 0.1) is 0 Å². The maximum absolute atomic E-state index is 12.9. The maximum Gasteiger partial charge on any atom is 0.338 e.